The van der Waals surface area contributed by atoms with E-state index in [1.54, 1.807) is 12.1 Å². The Morgan fingerprint density at radius 1 is 1.33 bits per heavy atom. The molecule has 0 spiro atoms. The number of nitrogens with one attached hydrogen (secondary N) is 1. The van der Waals surface area contributed by atoms with Crippen molar-refractivity contribution >= 4 is 11.6 Å². The number of hydrogen-bond acceptors (Lipinski definition) is 2. The van der Waals surface area contributed by atoms with E-state index >= 15 is 0 Å². The highest BCUT2D eigenvalue weighted by Crippen LogP contribution is 2.28. The minimum absolute atomic E-state index is 0.329. The van der Waals surface area contributed by atoms with Crippen LogP contribution in [0.2, 0.25) is 5.02 Å². The lowest BCUT2D eigenvalue weighted by Gasteiger charge is -2.31. The standard InChI is InChI=1S/C15H22ClNO/c1-2-11-5-3-4-6-14(11)17-10-12-9-13(16)7-8-15(12)18/h7-9,11,14,17-18H,2-6,10H2,1H3. The number of halogens is 1. The summed E-state index contributed by atoms with van der Waals surface area (Å²) in [5, 5.41) is 14.1. The second kappa shape index (κ2) is 6.44. The van der Waals surface area contributed by atoms with E-state index in [1.807, 2.05) is 6.07 Å². The molecular weight excluding hydrogens is 246 g/mol. The van der Waals surface area contributed by atoms with Crippen molar-refractivity contribution in [1.82, 2.24) is 5.32 Å². The molecule has 2 N–H and O–H groups in total. The van der Waals surface area contributed by atoms with Crippen LogP contribution in [0.15, 0.2) is 18.2 Å². The summed E-state index contributed by atoms with van der Waals surface area (Å²) < 4.78 is 0. The van der Waals surface area contributed by atoms with Gasteiger partial charge >= 0.3 is 0 Å². The third-order valence-corrected chi connectivity index (χ3v) is 4.26. The highest BCUT2D eigenvalue weighted by Gasteiger charge is 2.23. The van der Waals surface area contributed by atoms with Gasteiger partial charge in [-0.2, -0.15) is 0 Å². The first-order valence-corrected chi connectivity index (χ1v) is 7.29. The monoisotopic (exact) mass is 267 g/mol. The Balaban J connectivity index is 1.95. The van der Waals surface area contributed by atoms with Crippen molar-refractivity contribution in [2.75, 3.05) is 0 Å². The Kier molecular flexibility index (Phi) is 4.90. The molecule has 1 aliphatic carbocycles. The highest BCUT2D eigenvalue weighted by atomic mass is 35.5. The molecule has 1 aromatic rings. The van der Waals surface area contributed by atoms with Crippen LogP contribution in [-0.2, 0) is 6.54 Å². The van der Waals surface area contributed by atoms with Gasteiger partial charge in [-0.3, -0.25) is 0 Å². The van der Waals surface area contributed by atoms with E-state index < -0.39 is 0 Å². The van der Waals surface area contributed by atoms with Gasteiger partial charge in [0.15, 0.2) is 0 Å². The predicted molar refractivity (Wildman–Crippen MR) is 76.0 cm³/mol. The average molecular weight is 268 g/mol. The summed E-state index contributed by atoms with van der Waals surface area (Å²) in [4.78, 5) is 0. The Labute approximate surface area is 114 Å². The third kappa shape index (κ3) is 3.39. The lowest BCUT2D eigenvalue weighted by Crippen LogP contribution is -2.37. The third-order valence-electron chi connectivity index (χ3n) is 4.03. The summed E-state index contributed by atoms with van der Waals surface area (Å²) in [6, 6.07) is 5.81. The molecule has 2 rings (SSSR count). The van der Waals surface area contributed by atoms with Gasteiger partial charge in [0.2, 0.25) is 0 Å². The molecular formula is C15H22ClNO. The van der Waals surface area contributed by atoms with E-state index in [0.717, 1.165) is 11.5 Å². The van der Waals surface area contributed by atoms with Gasteiger partial charge in [-0.15, -0.1) is 0 Å². The maximum Gasteiger partial charge on any atom is 0.120 e. The van der Waals surface area contributed by atoms with Crippen LogP contribution in [0.4, 0.5) is 0 Å². The van der Waals surface area contributed by atoms with E-state index in [2.05, 4.69) is 12.2 Å². The fraction of sp³-hybridized carbons (Fsp3) is 0.600. The molecule has 1 aromatic carbocycles. The SMILES string of the molecule is CCC1CCCCC1NCc1cc(Cl)ccc1O. The molecule has 1 fully saturated rings. The zero-order valence-electron chi connectivity index (χ0n) is 11.0. The molecule has 0 radical (unpaired) electrons. The maximum atomic E-state index is 9.79. The Bertz CT molecular complexity index is 394. The number of phenolic OH excluding ortho intramolecular Hbond substituents is 1. The topological polar surface area (TPSA) is 32.3 Å². The molecule has 0 saturated heterocycles. The molecule has 0 amide bonds. The second-order valence-electron chi connectivity index (χ2n) is 5.21. The van der Waals surface area contributed by atoms with Crippen LogP contribution in [0, 0.1) is 5.92 Å². The summed E-state index contributed by atoms with van der Waals surface area (Å²) in [7, 11) is 0. The van der Waals surface area contributed by atoms with E-state index in [1.165, 1.54) is 32.1 Å². The molecule has 1 saturated carbocycles. The number of hydrogen-bond donors (Lipinski definition) is 2. The highest BCUT2D eigenvalue weighted by molar-refractivity contribution is 6.30. The zero-order valence-corrected chi connectivity index (χ0v) is 11.7. The molecule has 100 valence electrons. The van der Waals surface area contributed by atoms with Gasteiger partial charge in [0.25, 0.3) is 0 Å². The van der Waals surface area contributed by atoms with Crippen LogP contribution in [0.25, 0.3) is 0 Å². The van der Waals surface area contributed by atoms with Crippen LogP contribution in [0.5, 0.6) is 5.75 Å². The molecule has 2 atom stereocenters. The molecule has 1 aliphatic rings. The van der Waals surface area contributed by atoms with Gasteiger partial charge in [0.05, 0.1) is 0 Å². The van der Waals surface area contributed by atoms with E-state index in [-0.39, 0.29) is 0 Å². The molecule has 0 heterocycles. The molecule has 18 heavy (non-hydrogen) atoms. The van der Waals surface area contributed by atoms with Crippen LogP contribution in [0.1, 0.15) is 44.6 Å². The first kappa shape index (κ1) is 13.7. The summed E-state index contributed by atoms with van der Waals surface area (Å²) >= 11 is 5.96. The first-order valence-electron chi connectivity index (χ1n) is 6.91. The van der Waals surface area contributed by atoms with Crippen LogP contribution in [0.3, 0.4) is 0 Å². The fourth-order valence-corrected chi connectivity index (χ4v) is 3.10. The Morgan fingerprint density at radius 2 is 2.11 bits per heavy atom. The zero-order chi connectivity index (χ0) is 13.0. The first-order chi connectivity index (χ1) is 8.70. The van der Waals surface area contributed by atoms with Gasteiger partial charge in [0, 0.05) is 23.2 Å². The minimum atomic E-state index is 0.329. The van der Waals surface area contributed by atoms with Gasteiger partial charge in [-0.1, -0.05) is 37.8 Å². The lowest BCUT2D eigenvalue weighted by atomic mass is 9.83. The largest absolute Gasteiger partial charge is 0.508 e. The van der Waals surface area contributed by atoms with Gasteiger partial charge in [0.1, 0.15) is 5.75 Å². The van der Waals surface area contributed by atoms with Crippen LogP contribution >= 0.6 is 11.6 Å². The molecule has 0 bridgehead atoms. The molecule has 2 nitrogen and oxygen atoms in total. The molecule has 2 unspecified atom stereocenters. The van der Waals surface area contributed by atoms with Crippen molar-refractivity contribution in [1.29, 1.82) is 0 Å². The fourth-order valence-electron chi connectivity index (χ4n) is 2.90. The van der Waals surface area contributed by atoms with Crippen LogP contribution < -0.4 is 5.32 Å². The number of rotatable bonds is 4. The number of aromatic hydroxyl groups is 1. The Morgan fingerprint density at radius 3 is 2.89 bits per heavy atom. The average Bonchev–Trinajstić information content (AvgIpc) is 2.40. The Hall–Kier alpha value is -0.730. The van der Waals surface area contributed by atoms with Crippen molar-refractivity contribution in [2.24, 2.45) is 5.92 Å². The smallest absolute Gasteiger partial charge is 0.120 e. The van der Waals surface area contributed by atoms with Crippen molar-refractivity contribution < 1.29 is 5.11 Å². The second-order valence-corrected chi connectivity index (χ2v) is 5.65. The summed E-state index contributed by atoms with van der Waals surface area (Å²) in [6.07, 6.45) is 6.49. The lowest BCUT2D eigenvalue weighted by molar-refractivity contribution is 0.253. The van der Waals surface area contributed by atoms with Crippen molar-refractivity contribution in [2.45, 2.75) is 51.6 Å². The minimum Gasteiger partial charge on any atom is -0.508 e. The van der Waals surface area contributed by atoms with Crippen molar-refractivity contribution in [3.63, 3.8) is 0 Å². The summed E-state index contributed by atoms with van der Waals surface area (Å²) in [5.41, 5.74) is 0.892. The normalized spacial score (nSPS) is 24.1. The predicted octanol–water partition coefficient (Wildman–Crippen LogP) is 4.10. The van der Waals surface area contributed by atoms with Crippen molar-refractivity contribution in [3.05, 3.63) is 28.8 Å². The molecule has 0 aliphatic heterocycles. The van der Waals surface area contributed by atoms with E-state index in [9.17, 15) is 5.11 Å². The quantitative estimate of drug-likeness (QED) is 0.861. The van der Waals surface area contributed by atoms with Crippen LogP contribution in [-0.4, -0.2) is 11.1 Å². The number of benzene rings is 1. The van der Waals surface area contributed by atoms with E-state index in [0.29, 0.717) is 23.4 Å². The van der Waals surface area contributed by atoms with Crippen molar-refractivity contribution in [3.8, 4) is 5.75 Å². The van der Waals surface area contributed by atoms with E-state index in [4.69, 9.17) is 11.6 Å². The summed E-state index contributed by atoms with van der Waals surface area (Å²) in [6.45, 7) is 2.97. The van der Waals surface area contributed by atoms with Gasteiger partial charge in [-0.05, 0) is 37.0 Å². The summed E-state index contributed by atoms with van der Waals surface area (Å²) in [5.74, 6) is 1.11. The maximum absolute atomic E-state index is 9.79. The van der Waals surface area contributed by atoms with Gasteiger partial charge in [-0.25, -0.2) is 0 Å². The molecule has 0 aromatic heterocycles. The molecule has 3 heteroatoms. The van der Waals surface area contributed by atoms with Gasteiger partial charge < -0.3 is 10.4 Å². The number of phenols is 1.